The van der Waals surface area contributed by atoms with E-state index in [0.717, 1.165) is 0 Å². The van der Waals surface area contributed by atoms with Crippen molar-refractivity contribution in [3.8, 4) is 5.75 Å². The summed E-state index contributed by atoms with van der Waals surface area (Å²) in [6.07, 6.45) is 1.88. The molecule has 0 spiro atoms. The quantitative estimate of drug-likeness (QED) is 0.574. The Labute approximate surface area is 93.7 Å². The van der Waals surface area contributed by atoms with E-state index in [1.807, 2.05) is 0 Å². The third-order valence-electron chi connectivity index (χ3n) is 2.17. The van der Waals surface area contributed by atoms with Crippen LogP contribution in [0.2, 0.25) is 0 Å². The number of carbonyl (C=O) groups excluding carboxylic acids is 1. The molecule has 0 unspecified atom stereocenters. The zero-order valence-corrected chi connectivity index (χ0v) is 9.14. The third kappa shape index (κ3) is 3.20. The van der Waals surface area contributed by atoms with Crippen molar-refractivity contribution in [3.05, 3.63) is 23.5 Å². The monoisotopic (exact) mass is 225 g/mol. The Balaban J connectivity index is 2.78. The van der Waals surface area contributed by atoms with Crippen LogP contribution in [0.5, 0.6) is 5.75 Å². The number of ether oxygens (including phenoxy) is 1. The van der Waals surface area contributed by atoms with Gasteiger partial charge in [-0.1, -0.05) is 0 Å². The first-order valence-electron chi connectivity index (χ1n) is 5.07. The summed E-state index contributed by atoms with van der Waals surface area (Å²) >= 11 is 0. The average Bonchev–Trinajstić information content (AvgIpc) is 2.31. The molecule has 16 heavy (non-hydrogen) atoms. The van der Waals surface area contributed by atoms with Gasteiger partial charge in [0.05, 0.1) is 12.8 Å². The maximum Gasteiger partial charge on any atom is 0.356 e. The van der Waals surface area contributed by atoms with E-state index in [1.165, 1.54) is 19.2 Å². The largest absolute Gasteiger partial charge is 0.506 e. The smallest absolute Gasteiger partial charge is 0.356 e. The summed E-state index contributed by atoms with van der Waals surface area (Å²) in [6, 6.07) is 2.84. The molecule has 0 aliphatic carbocycles. The van der Waals surface area contributed by atoms with Crippen LogP contribution in [0, 0.1) is 0 Å². The highest BCUT2D eigenvalue weighted by atomic mass is 16.5. The van der Waals surface area contributed by atoms with E-state index in [2.05, 4.69) is 9.72 Å². The Hall–Kier alpha value is -1.62. The van der Waals surface area contributed by atoms with Crippen molar-refractivity contribution in [3.63, 3.8) is 0 Å². The van der Waals surface area contributed by atoms with E-state index < -0.39 is 5.97 Å². The number of rotatable bonds is 5. The normalized spacial score (nSPS) is 10.1. The van der Waals surface area contributed by atoms with Gasteiger partial charge in [-0.15, -0.1) is 0 Å². The molecular weight excluding hydrogens is 210 g/mol. The van der Waals surface area contributed by atoms with Crippen molar-refractivity contribution in [2.24, 2.45) is 0 Å². The minimum absolute atomic E-state index is 0.0607. The van der Waals surface area contributed by atoms with Gasteiger partial charge in [0.15, 0.2) is 0 Å². The number of hydrogen-bond acceptors (Lipinski definition) is 5. The molecule has 0 aliphatic rings. The van der Waals surface area contributed by atoms with Crippen LogP contribution in [-0.4, -0.2) is 34.9 Å². The zero-order valence-electron chi connectivity index (χ0n) is 9.14. The number of esters is 1. The first kappa shape index (κ1) is 12.4. The molecule has 2 N–H and O–H groups in total. The number of aryl methyl sites for hydroxylation is 1. The van der Waals surface area contributed by atoms with Crippen molar-refractivity contribution in [2.45, 2.75) is 19.3 Å². The van der Waals surface area contributed by atoms with Gasteiger partial charge in [-0.25, -0.2) is 9.78 Å². The number of pyridine rings is 1. The van der Waals surface area contributed by atoms with Crippen molar-refractivity contribution >= 4 is 5.97 Å². The lowest BCUT2D eigenvalue weighted by atomic mass is 10.1. The van der Waals surface area contributed by atoms with Crippen LogP contribution in [-0.2, 0) is 11.2 Å². The molecule has 0 saturated carbocycles. The second-order valence-electron chi connectivity index (χ2n) is 3.33. The molecular formula is C11H15NO4. The van der Waals surface area contributed by atoms with Crippen LogP contribution in [0.4, 0.5) is 0 Å². The van der Waals surface area contributed by atoms with Gasteiger partial charge in [-0.2, -0.15) is 0 Å². The molecule has 0 amide bonds. The summed E-state index contributed by atoms with van der Waals surface area (Å²) in [4.78, 5) is 15.2. The molecule has 88 valence electrons. The lowest BCUT2D eigenvalue weighted by Gasteiger charge is -2.05. The van der Waals surface area contributed by atoms with Crippen LogP contribution in [0.1, 0.15) is 29.0 Å². The minimum atomic E-state index is -0.525. The molecule has 0 aromatic carbocycles. The molecule has 1 aromatic heterocycles. The molecule has 1 aromatic rings. The maximum atomic E-state index is 11.2. The average molecular weight is 225 g/mol. The Bertz CT molecular complexity index is 365. The van der Waals surface area contributed by atoms with Crippen molar-refractivity contribution < 1.29 is 19.7 Å². The summed E-state index contributed by atoms with van der Waals surface area (Å²) in [7, 11) is 1.28. The predicted molar refractivity (Wildman–Crippen MR) is 57.3 cm³/mol. The van der Waals surface area contributed by atoms with Gasteiger partial charge in [0.1, 0.15) is 11.4 Å². The summed E-state index contributed by atoms with van der Waals surface area (Å²) in [5.41, 5.74) is 0.635. The SMILES string of the molecule is COC(=O)c1ccc(O)c(CCCCO)n1. The fraction of sp³-hybridized carbons (Fsp3) is 0.455. The number of methoxy groups -OCH3 is 1. The molecule has 0 bridgehead atoms. The Morgan fingerprint density at radius 1 is 1.44 bits per heavy atom. The Morgan fingerprint density at radius 3 is 2.81 bits per heavy atom. The highest BCUT2D eigenvalue weighted by molar-refractivity contribution is 5.87. The number of nitrogens with zero attached hydrogens (tertiary/aromatic N) is 1. The lowest BCUT2D eigenvalue weighted by molar-refractivity contribution is 0.0593. The second-order valence-corrected chi connectivity index (χ2v) is 3.33. The van der Waals surface area contributed by atoms with Crippen molar-refractivity contribution in [2.75, 3.05) is 13.7 Å². The van der Waals surface area contributed by atoms with Crippen molar-refractivity contribution in [1.29, 1.82) is 0 Å². The topological polar surface area (TPSA) is 79.7 Å². The Kier molecular flexibility index (Phi) is 4.72. The lowest BCUT2D eigenvalue weighted by Crippen LogP contribution is -2.06. The Morgan fingerprint density at radius 2 is 2.19 bits per heavy atom. The number of hydrogen-bond donors (Lipinski definition) is 2. The maximum absolute atomic E-state index is 11.2. The number of aromatic hydroxyl groups is 1. The van der Waals surface area contributed by atoms with E-state index in [4.69, 9.17) is 5.11 Å². The van der Waals surface area contributed by atoms with Crippen LogP contribution >= 0.6 is 0 Å². The summed E-state index contributed by atoms with van der Waals surface area (Å²) in [6.45, 7) is 0.109. The molecule has 0 radical (unpaired) electrons. The number of aliphatic hydroxyl groups excluding tert-OH is 1. The van der Waals surface area contributed by atoms with Gasteiger partial charge in [0.25, 0.3) is 0 Å². The van der Waals surface area contributed by atoms with Gasteiger partial charge in [0.2, 0.25) is 0 Å². The van der Waals surface area contributed by atoms with E-state index in [0.29, 0.717) is 25.0 Å². The van der Waals surface area contributed by atoms with Gasteiger partial charge < -0.3 is 14.9 Å². The first-order valence-corrected chi connectivity index (χ1v) is 5.07. The molecule has 0 aliphatic heterocycles. The highest BCUT2D eigenvalue weighted by Crippen LogP contribution is 2.17. The highest BCUT2D eigenvalue weighted by Gasteiger charge is 2.10. The number of aliphatic hydroxyl groups is 1. The summed E-state index contributed by atoms with van der Waals surface area (Å²) in [5, 5.41) is 18.1. The molecule has 0 saturated heterocycles. The second kappa shape index (κ2) is 6.07. The molecule has 5 nitrogen and oxygen atoms in total. The standard InChI is InChI=1S/C11H15NO4/c1-16-11(15)9-5-6-10(14)8(12-9)4-2-3-7-13/h5-6,13-14H,2-4,7H2,1H3. The van der Waals surface area contributed by atoms with E-state index in [9.17, 15) is 9.90 Å². The predicted octanol–water partition coefficient (Wildman–Crippen LogP) is 0.889. The van der Waals surface area contributed by atoms with E-state index >= 15 is 0 Å². The molecule has 5 heteroatoms. The fourth-order valence-electron chi connectivity index (χ4n) is 1.30. The number of aromatic nitrogens is 1. The number of unbranched alkanes of at least 4 members (excludes halogenated alkanes) is 1. The molecule has 1 rings (SSSR count). The van der Waals surface area contributed by atoms with Crippen molar-refractivity contribution in [1.82, 2.24) is 4.98 Å². The first-order chi connectivity index (χ1) is 7.69. The van der Waals surface area contributed by atoms with Crippen LogP contribution in [0.3, 0.4) is 0 Å². The zero-order chi connectivity index (χ0) is 12.0. The van der Waals surface area contributed by atoms with Crippen LogP contribution in [0.25, 0.3) is 0 Å². The van der Waals surface area contributed by atoms with Crippen LogP contribution in [0.15, 0.2) is 12.1 Å². The molecule has 1 heterocycles. The van der Waals surface area contributed by atoms with Gasteiger partial charge in [-0.05, 0) is 31.4 Å². The molecule has 0 fully saturated rings. The summed E-state index contributed by atoms with van der Waals surface area (Å²) < 4.78 is 4.53. The van der Waals surface area contributed by atoms with E-state index in [1.54, 1.807) is 0 Å². The van der Waals surface area contributed by atoms with Crippen LogP contribution < -0.4 is 0 Å². The third-order valence-corrected chi connectivity index (χ3v) is 2.17. The van der Waals surface area contributed by atoms with Gasteiger partial charge >= 0.3 is 5.97 Å². The number of carbonyl (C=O) groups is 1. The van der Waals surface area contributed by atoms with Gasteiger partial charge in [-0.3, -0.25) is 0 Å². The minimum Gasteiger partial charge on any atom is -0.506 e. The molecule has 0 atom stereocenters. The fourth-order valence-corrected chi connectivity index (χ4v) is 1.30. The van der Waals surface area contributed by atoms with Gasteiger partial charge in [0, 0.05) is 6.61 Å². The summed E-state index contributed by atoms with van der Waals surface area (Å²) in [5.74, 6) is -0.464. The van der Waals surface area contributed by atoms with E-state index in [-0.39, 0.29) is 18.1 Å².